The van der Waals surface area contributed by atoms with E-state index in [9.17, 15) is 9.90 Å². The van der Waals surface area contributed by atoms with Crippen molar-refractivity contribution in [2.24, 2.45) is 11.8 Å². The molecule has 7 atom stereocenters. The zero-order valence-electron chi connectivity index (χ0n) is 19.1. The largest absolute Gasteiger partial charge is 0.481 e. The van der Waals surface area contributed by atoms with Crippen LogP contribution in [-0.4, -0.2) is 51.1 Å². The fraction of sp³-hybridized carbons (Fsp3) is 0.833. The maximum Gasteiger partial charge on any atom is 0.349 e. The number of nitrogens with zero attached hydrogens (tertiary/aromatic N) is 1. The van der Waals surface area contributed by atoms with Crippen LogP contribution in [0.4, 0.5) is 0 Å². The van der Waals surface area contributed by atoms with E-state index in [0.29, 0.717) is 12.0 Å². The summed E-state index contributed by atoms with van der Waals surface area (Å²) in [6.07, 6.45) is 13.9. The average molecular weight is 419 g/mol. The zero-order valence-corrected chi connectivity index (χ0v) is 19.1. The predicted molar refractivity (Wildman–Crippen MR) is 117 cm³/mol. The van der Waals surface area contributed by atoms with Crippen molar-refractivity contribution < 1.29 is 19.2 Å². The summed E-state index contributed by atoms with van der Waals surface area (Å²) in [6, 6.07) is 0.416. The number of aliphatic carboxylic acids is 1. The highest BCUT2D eigenvalue weighted by molar-refractivity contribution is 5.81. The molecule has 2 unspecified atom stereocenters. The highest BCUT2D eigenvalue weighted by atomic mass is 16.5. The SMILES string of the molecule is CCC(C)/C=C\CC[C@]1(C)CC2CC[C@@H]3[C@H](C(=O)O)[C@]4(CCC[C@@H](C)O4)NC(=[N+]23)N1. The molecule has 0 amide bonds. The minimum atomic E-state index is -0.795. The Hall–Kier alpha value is -1.56. The van der Waals surface area contributed by atoms with E-state index in [2.05, 4.69) is 55.1 Å². The van der Waals surface area contributed by atoms with Gasteiger partial charge in [-0.2, -0.15) is 0 Å². The van der Waals surface area contributed by atoms with Gasteiger partial charge in [-0.1, -0.05) is 32.4 Å². The third-order valence-corrected chi connectivity index (χ3v) is 7.94. The summed E-state index contributed by atoms with van der Waals surface area (Å²) in [6.45, 7) is 8.88. The minimum absolute atomic E-state index is 0.00964. The number of carbonyl (C=O) groups is 1. The molecule has 6 nitrogen and oxygen atoms in total. The predicted octanol–water partition coefficient (Wildman–Crippen LogP) is 3.61. The number of guanidine groups is 1. The van der Waals surface area contributed by atoms with E-state index < -0.39 is 17.6 Å². The van der Waals surface area contributed by atoms with Crippen LogP contribution >= 0.6 is 0 Å². The Morgan fingerprint density at radius 3 is 2.87 bits per heavy atom. The van der Waals surface area contributed by atoms with E-state index in [0.717, 1.165) is 57.3 Å². The molecule has 4 rings (SSSR count). The molecule has 0 saturated carbocycles. The summed E-state index contributed by atoms with van der Waals surface area (Å²) in [5, 5.41) is 17.6. The van der Waals surface area contributed by atoms with Crippen LogP contribution in [0.3, 0.4) is 0 Å². The van der Waals surface area contributed by atoms with E-state index in [4.69, 9.17) is 4.74 Å². The number of hydrogen-bond acceptors (Lipinski definition) is 4. The van der Waals surface area contributed by atoms with Gasteiger partial charge in [0.1, 0.15) is 0 Å². The quantitative estimate of drug-likeness (QED) is 0.454. The van der Waals surface area contributed by atoms with Crippen molar-refractivity contribution in [2.45, 2.75) is 115 Å². The van der Waals surface area contributed by atoms with Gasteiger partial charge in [-0.3, -0.25) is 14.7 Å². The zero-order chi connectivity index (χ0) is 21.5. The number of ether oxygens (including phenoxy) is 1. The summed E-state index contributed by atoms with van der Waals surface area (Å²) in [5.41, 5.74) is -0.785. The van der Waals surface area contributed by atoms with Crippen LogP contribution in [0, 0.1) is 11.8 Å². The van der Waals surface area contributed by atoms with Gasteiger partial charge < -0.3 is 9.84 Å². The van der Waals surface area contributed by atoms with E-state index in [-0.39, 0.29) is 17.7 Å². The third-order valence-electron chi connectivity index (χ3n) is 7.94. The smallest absolute Gasteiger partial charge is 0.349 e. The maximum absolute atomic E-state index is 12.4. The lowest BCUT2D eigenvalue weighted by atomic mass is 9.80. The molecule has 0 aliphatic carbocycles. The van der Waals surface area contributed by atoms with Gasteiger partial charge in [-0.05, 0) is 58.3 Å². The maximum atomic E-state index is 12.4. The van der Waals surface area contributed by atoms with Gasteiger partial charge in [0.15, 0.2) is 5.92 Å². The van der Waals surface area contributed by atoms with E-state index >= 15 is 0 Å². The van der Waals surface area contributed by atoms with Crippen LogP contribution in [0.15, 0.2) is 12.2 Å². The fourth-order valence-electron chi connectivity index (χ4n) is 6.24. The van der Waals surface area contributed by atoms with Crippen LogP contribution in [-0.2, 0) is 9.53 Å². The van der Waals surface area contributed by atoms with Crippen LogP contribution in [0.1, 0.15) is 85.5 Å². The Balaban J connectivity index is 1.57. The van der Waals surface area contributed by atoms with Crippen LogP contribution in [0.25, 0.3) is 0 Å². The second kappa shape index (κ2) is 8.18. The number of allylic oxidation sites excluding steroid dienone is 2. The molecule has 168 valence electrons. The van der Waals surface area contributed by atoms with Gasteiger partial charge in [0.25, 0.3) is 0 Å². The molecule has 0 radical (unpaired) electrons. The van der Waals surface area contributed by atoms with Crippen molar-refractivity contribution >= 4 is 11.9 Å². The first-order chi connectivity index (χ1) is 14.3. The normalized spacial score (nSPS) is 41.5. The topological polar surface area (TPSA) is 73.6 Å². The van der Waals surface area contributed by atoms with Gasteiger partial charge >= 0.3 is 11.9 Å². The lowest BCUT2D eigenvalue weighted by molar-refractivity contribution is -0.606. The molecule has 0 aromatic rings. The molecule has 0 aromatic heterocycles. The van der Waals surface area contributed by atoms with Gasteiger partial charge in [-0.15, -0.1) is 0 Å². The molecule has 0 aromatic carbocycles. The lowest BCUT2D eigenvalue weighted by Gasteiger charge is -2.49. The molecule has 30 heavy (non-hydrogen) atoms. The first-order valence-corrected chi connectivity index (χ1v) is 12.1. The number of carboxylic acids is 1. The first-order valence-electron chi connectivity index (χ1n) is 12.1. The number of hydrogen-bond donors (Lipinski definition) is 3. The Kier molecular flexibility index (Phi) is 5.90. The molecule has 6 heteroatoms. The number of carboxylic acid groups (broad SMARTS) is 1. The molecule has 4 aliphatic heterocycles. The molecule has 2 fully saturated rings. The number of rotatable bonds is 6. The standard InChI is InChI=1S/C24H39N3O3/c1-5-16(2)9-6-7-13-23(4)15-18-11-12-19-20(21(28)29)24(14-8-10-17(3)30-24)26-22(25-23)27(18)19/h6,9,16-20H,5,7-8,10-15H2,1-4H3,(H2,25,26,28,29)/p+1/b9-6-/t16?,17-,18?,19-,20-,23-,24-/m1/s1. The molecule has 4 aliphatic rings. The van der Waals surface area contributed by atoms with Crippen molar-refractivity contribution in [3.8, 4) is 0 Å². The van der Waals surface area contributed by atoms with Gasteiger partial charge in [0.2, 0.25) is 5.72 Å². The summed E-state index contributed by atoms with van der Waals surface area (Å²) in [7, 11) is 0. The molecule has 3 N–H and O–H groups in total. The number of nitrogens with one attached hydrogen (secondary N) is 2. The van der Waals surface area contributed by atoms with Gasteiger partial charge in [0, 0.05) is 12.8 Å². The van der Waals surface area contributed by atoms with Crippen LogP contribution in [0.2, 0.25) is 0 Å². The first kappa shape index (κ1) is 21.7. The molecule has 4 heterocycles. The summed E-state index contributed by atoms with van der Waals surface area (Å²) >= 11 is 0. The van der Waals surface area contributed by atoms with E-state index in [1.807, 2.05) is 0 Å². The van der Waals surface area contributed by atoms with Crippen molar-refractivity contribution in [1.82, 2.24) is 10.6 Å². The van der Waals surface area contributed by atoms with Crippen molar-refractivity contribution in [3.05, 3.63) is 12.2 Å². The lowest BCUT2D eigenvalue weighted by Crippen LogP contribution is -2.75. The van der Waals surface area contributed by atoms with Crippen molar-refractivity contribution in [3.63, 3.8) is 0 Å². The second-order valence-electron chi connectivity index (χ2n) is 10.4. The highest BCUT2D eigenvalue weighted by Crippen LogP contribution is 2.44. The monoisotopic (exact) mass is 418 g/mol. The third kappa shape index (κ3) is 3.88. The molecule has 0 bridgehead atoms. The van der Waals surface area contributed by atoms with Crippen LogP contribution in [0.5, 0.6) is 0 Å². The highest BCUT2D eigenvalue weighted by Gasteiger charge is 2.63. The molecular formula is C24H40N3O3+. The Morgan fingerprint density at radius 1 is 1.37 bits per heavy atom. The average Bonchev–Trinajstić information content (AvgIpc) is 3.08. The van der Waals surface area contributed by atoms with E-state index in [1.165, 1.54) is 6.42 Å². The molecule has 1 spiro atoms. The summed E-state index contributed by atoms with van der Waals surface area (Å²) in [4.78, 5) is 12.4. The summed E-state index contributed by atoms with van der Waals surface area (Å²) < 4.78 is 8.75. The van der Waals surface area contributed by atoms with Gasteiger partial charge in [0.05, 0.1) is 23.7 Å². The second-order valence-corrected chi connectivity index (χ2v) is 10.4. The Morgan fingerprint density at radius 2 is 2.17 bits per heavy atom. The summed E-state index contributed by atoms with van der Waals surface area (Å²) in [5.74, 6) is 0.382. The Labute approximate surface area is 181 Å². The Bertz CT molecular complexity index is 735. The van der Waals surface area contributed by atoms with Gasteiger partial charge in [-0.25, -0.2) is 5.32 Å². The molecular weight excluding hydrogens is 378 g/mol. The van der Waals surface area contributed by atoms with Crippen molar-refractivity contribution in [1.29, 1.82) is 0 Å². The van der Waals surface area contributed by atoms with Crippen LogP contribution < -0.4 is 10.6 Å². The minimum Gasteiger partial charge on any atom is -0.481 e. The fourth-order valence-corrected chi connectivity index (χ4v) is 6.24. The van der Waals surface area contributed by atoms with E-state index in [1.54, 1.807) is 0 Å². The van der Waals surface area contributed by atoms with Crippen molar-refractivity contribution in [2.75, 3.05) is 0 Å². The molecule has 2 saturated heterocycles.